The van der Waals surface area contributed by atoms with Crippen molar-refractivity contribution in [3.63, 3.8) is 0 Å². The van der Waals surface area contributed by atoms with Crippen LogP contribution < -0.4 is 9.92 Å². The number of hydrogen-bond acceptors (Lipinski definition) is 4. The Balaban J connectivity index is 2.41. The maximum atomic E-state index is 12.4. The molecule has 1 rings (SSSR count). The van der Waals surface area contributed by atoms with Crippen molar-refractivity contribution in [3.8, 4) is 5.75 Å². The number of rotatable bonds is 15. The van der Waals surface area contributed by atoms with Gasteiger partial charge in [-0.3, -0.25) is 0 Å². The van der Waals surface area contributed by atoms with Crippen LogP contribution in [0.15, 0.2) is 30.3 Å². The summed E-state index contributed by atoms with van der Waals surface area (Å²) in [6.45, 7) is 4.24. The van der Waals surface area contributed by atoms with Crippen molar-refractivity contribution in [3.05, 3.63) is 30.3 Å². The molecule has 2 unspecified atom stereocenters. The molecule has 1 aromatic rings. The summed E-state index contributed by atoms with van der Waals surface area (Å²) >= 11 is 0. The van der Waals surface area contributed by atoms with Crippen LogP contribution in [0, 0.1) is 5.92 Å². The highest BCUT2D eigenvalue weighted by Crippen LogP contribution is 2.21. The molecule has 4 nitrogen and oxygen atoms in total. The number of unbranched alkanes of at least 4 members (excludes halogenated alkanes) is 7. The van der Waals surface area contributed by atoms with Crippen molar-refractivity contribution in [2.45, 2.75) is 84.1 Å². The van der Waals surface area contributed by atoms with Crippen LogP contribution in [0.3, 0.4) is 0 Å². The van der Waals surface area contributed by atoms with Gasteiger partial charge in [-0.1, -0.05) is 83.4 Å². The lowest BCUT2D eigenvalue weighted by Crippen LogP contribution is -2.35. The number of nitrogens with two attached hydrogens (primary N) is 1. The summed E-state index contributed by atoms with van der Waals surface area (Å²) in [7, 11) is -3.63. The van der Waals surface area contributed by atoms with Gasteiger partial charge in [-0.05, 0) is 30.9 Å². The van der Waals surface area contributed by atoms with E-state index < -0.39 is 10.1 Å². The predicted octanol–water partition coefficient (Wildman–Crippen LogP) is 5.28. The van der Waals surface area contributed by atoms with E-state index in [-0.39, 0.29) is 17.7 Å². The lowest BCUT2D eigenvalue weighted by atomic mass is 9.93. The minimum Gasteiger partial charge on any atom is -0.382 e. The van der Waals surface area contributed by atoms with E-state index in [1.807, 2.05) is 13.0 Å². The van der Waals surface area contributed by atoms with Gasteiger partial charge in [0.05, 0.1) is 5.75 Å². The Morgan fingerprint density at radius 2 is 1.50 bits per heavy atom. The molecule has 0 bridgehead atoms. The monoisotopic (exact) mass is 383 g/mol. The molecule has 2 atom stereocenters. The lowest BCUT2D eigenvalue weighted by molar-refractivity contribution is 0.384. The quantitative estimate of drug-likeness (QED) is 0.330. The van der Waals surface area contributed by atoms with Gasteiger partial charge in [0, 0.05) is 6.04 Å². The zero-order chi connectivity index (χ0) is 19.3. The standard InChI is InChI=1S/C21H37NO3S/c1-3-5-6-7-8-9-10-12-15-19(21(22)4-2)18-26(23,24)25-20-16-13-11-14-17-20/h11,13-14,16-17,19,21H,3-10,12,15,18,22H2,1-2H3. The van der Waals surface area contributed by atoms with E-state index in [2.05, 4.69) is 6.92 Å². The molecule has 2 N–H and O–H groups in total. The third kappa shape index (κ3) is 10.2. The van der Waals surface area contributed by atoms with E-state index in [1.54, 1.807) is 24.3 Å². The highest BCUT2D eigenvalue weighted by molar-refractivity contribution is 7.87. The molecule has 0 aliphatic heterocycles. The van der Waals surface area contributed by atoms with E-state index in [0.717, 1.165) is 25.7 Å². The molecule has 0 radical (unpaired) electrons. The Hall–Kier alpha value is -1.07. The van der Waals surface area contributed by atoms with Gasteiger partial charge in [0.15, 0.2) is 0 Å². The summed E-state index contributed by atoms with van der Waals surface area (Å²) < 4.78 is 30.0. The van der Waals surface area contributed by atoms with Gasteiger partial charge in [-0.25, -0.2) is 0 Å². The number of benzene rings is 1. The summed E-state index contributed by atoms with van der Waals surface area (Å²) in [5.74, 6) is 0.310. The molecule has 0 aliphatic carbocycles. The molecule has 0 fully saturated rings. The second-order valence-electron chi connectivity index (χ2n) is 7.22. The van der Waals surface area contributed by atoms with Crippen molar-refractivity contribution >= 4 is 10.1 Å². The smallest absolute Gasteiger partial charge is 0.309 e. The predicted molar refractivity (Wildman–Crippen MR) is 110 cm³/mol. The Morgan fingerprint density at radius 3 is 2.08 bits per heavy atom. The Kier molecular flexibility index (Phi) is 11.6. The topological polar surface area (TPSA) is 69.4 Å². The summed E-state index contributed by atoms with van der Waals surface area (Å²) in [4.78, 5) is 0. The molecular formula is C21H37NO3S. The van der Waals surface area contributed by atoms with Crippen LogP contribution in [0.2, 0.25) is 0 Å². The summed E-state index contributed by atoms with van der Waals surface area (Å²) in [5, 5.41) is 0. The second kappa shape index (κ2) is 13.2. The molecule has 0 aromatic heterocycles. The fraction of sp³-hybridized carbons (Fsp3) is 0.714. The van der Waals surface area contributed by atoms with Gasteiger partial charge in [-0.2, -0.15) is 8.42 Å². The normalized spacial score (nSPS) is 14.1. The third-order valence-electron chi connectivity index (χ3n) is 4.89. The van der Waals surface area contributed by atoms with E-state index in [4.69, 9.17) is 9.92 Å². The van der Waals surface area contributed by atoms with Crippen LogP contribution in [0.4, 0.5) is 0 Å². The van der Waals surface area contributed by atoms with Crippen LogP contribution in [-0.4, -0.2) is 20.2 Å². The lowest BCUT2D eigenvalue weighted by Gasteiger charge is -2.22. The Morgan fingerprint density at radius 1 is 0.923 bits per heavy atom. The highest BCUT2D eigenvalue weighted by atomic mass is 32.2. The van der Waals surface area contributed by atoms with Gasteiger partial charge >= 0.3 is 10.1 Å². The van der Waals surface area contributed by atoms with Crippen LogP contribution in [0.5, 0.6) is 5.75 Å². The van der Waals surface area contributed by atoms with Gasteiger partial charge in [0.2, 0.25) is 0 Å². The van der Waals surface area contributed by atoms with Crippen molar-refractivity contribution in [1.29, 1.82) is 0 Å². The number of para-hydroxylation sites is 1. The van der Waals surface area contributed by atoms with E-state index >= 15 is 0 Å². The Bertz CT molecular complexity index is 560. The molecule has 0 aliphatic rings. The van der Waals surface area contributed by atoms with Gasteiger partial charge in [-0.15, -0.1) is 0 Å². The van der Waals surface area contributed by atoms with Crippen molar-refractivity contribution in [2.24, 2.45) is 11.7 Å². The molecule has 0 heterocycles. The first-order chi connectivity index (χ1) is 12.5. The SMILES string of the molecule is CCCCCCCCCCC(CS(=O)(=O)Oc1ccccc1)C(N)CC. The van der Waals surface area contributed by atoms with Crippen molar-refractivity contribution in [2.75, 3.05) is 5.75 Å². The minimum absolute atomic E-state index is 0.00655. The molecule has 150 valence electrons. The largest absolute Gasteiger partial charge is 0.382 e. The number of hydrogen-bond donors (Lipinski definition) is 1. The first-order valence-corrected chi connectivity index (χ1v) is 11.8. The third-order valence-corrected chi connectivity index (χ3v) is 6.17. The van der Waals surface area contributed by atoms with Crippen LogP contribution >= 0.6 is 0 Å². The molecule has 0 spiro atoms. The zero-order valence-electron chi connectivity index (χ0n) is 16.5. The summed E-state index contributed by atoms with van der Waals surface area (Å²) in [6, 6.07) is 8.57. The minimum atomic E-state index is -3.63. The van der Waals surface area contributed by atoms with Crippen molar-refractivity contribution in [1.82, 2.24) is 0 Å². The molecular weight excluding hydrogens is 346 g/mol. The van der Waals surface area contributed by atoms with E-state index in [0.29, 0.717) is 5.75 Å². The molecule has 0 saturated carbocycles. The summed E-state index contributed by atoms with van der Waals surface area (Å²) in [6.07, 6.45) is 11.6. The maximum Gasteiger partial charge on any atom is 0.309 e. The van der Waals surface area contributed by atoms with Gasteiger partial charge in [0.25, 0.3) is 0 Å². The van der Waals surface area contributed by atoms with E-state index in [9.17, 15) is 8.42 Å². The average Bonchev–Trinajstić information content (AvgIpc) is 2.62. The van der Waals surface area contributed by atoms with Crippen LogP contribution in [-0.2, 0) is 10.1 Å². The van der Waals surface area contributed by atoms with Gasteiger partial charge < -0.3 is 9.92 Å². The van der Waals surface area contributed by atoms with Crippen LogP contribution in [0.1, 0.15) is 78.1 Å². The van der Waals surface area contributed by atoms with Crippen molar-refractivity contribution < 1.29 is 12.6 Å². The highest BCUT2D eigenvalue weighted by Gasteiger charge is 2.25. The fourth-order valence-corrected chi connectivity index (χ4v) is 4.62. The van der Waals surface area contributed by atoms with Gasteiger partial charge in [0.1, 0.15) is 5.75 Å². The molecule has 5 heteroatoms. The molecule has 0 saturated heterocycles. The molecule has 0 amide bonds. The first kappa shape index (κ1) is 23.0. The molecule has 1 aromatic carbocycles. The van der Waals surface area contributed by atoms with Crippen LogP contribution in [0.25, 0.3) is 0 Å². The zero-order valence-corrected chi connectivity index (χ0v) is 17.3. The second-order valence-corrected chi connectivity index (χ2v) is 8.83. The average molecular weight is 384 g/mol. The first-order valence-electron chi connectivity index (χ1n) is 10.2. The Labute approximate surface area is 160 Å². The molecule has 26 heavy (non-hydrogen) atoms. The van der Waals surface area contributed by atoms with E-state index in [1.165, 1.54) is 38.5 Å². The fourth-order valence-electron chi connectivity index (χ4n) is 3.21. The summed E-state index contributed by atoms with van der Waals surface area (Å²) in [5.41, 5.74) is 6.19. The maximum absolute atomic E-state index is 12.4.